The molecule has 0 spiro atoms. The summed E-state index contributed by atoms with van der Waals surface area (Å²) in [5.41, 5.74) is 2.54. The molecule has 0 atom stereocenters. The fourth-order valence-electron chi connectivity index (χ4n) is 2.61. The Labute approximate surface area is 134 Å². The van der Waals surface area contributed by atoms with Crippen molar-refractivity contribution in [3.05, 3.63) is 35.0 Å². The van der Waals surface area contributed by atoms with E-state index in [1.807, 2.05) is 14.0 Å². The van der Waals surface area contributed by atoms with Crippen LogP contribution >= 0.6 is 0 Å². The highest BCUT2D eigenvalue weighted by atomic mass is 32.2. The summed E-state index contributed by atoms with van der Waals surface area (Å²) in [5.74, 6) is 0.913. The minimum atomic E-state index is -3.73. The van der Waals surface area contributed by atoms with Crippen molar-refractivity contribution in [3.63, 3.8) is 0 Å². The maximum absolute atomic E-state index is 12.6. The number of rotatable bonds is 3. The van der Waals surface area contributed by atoms with Crippen LogP contribution in [0.3, 0.4) is 0 Å². The molecule has 0 unspecified atom stereocenters. The van der Waals surface area contributed by atoms with E-state index in [9.17, 15) is 8.42 Å². The third-order valence-electron chi connectivity index (χ3n) is 3.72. The van der Waals surface area contributed by atoms with Gasteiger partial charge >= 0.3 is 0 Å². The lowest BCUT2D eigenvalue weighted by Crippen LogP contribution is -2.14. The van der Waals surface area contributed by atoms with Gasteiger partial charge in [0.15, 0.2) is 5.65 Å². The van der Waals surface area contributed by atoms with Crippen molar-refractivity contribution in [1.82, 2.24) is 14.8 Å². The van der Waals surface area contributed by atoms with Gasteiger partial charge < -0.3 is 4.42 Å². The molecule has 3 rings (SSSR count). The Hall–Kier alpha value is -2.35. The summed E-state index contributed by atoms with van der Waals surface area (Å²) in [6, 6.07) is 3.27. The highest BCUT2D eigenvalue weighted by Crippen LogP contribution is 2.27. The molecule has 0 aliphatic rings. The van der Waals surface area contributed by atoms with Crippen LogP contribution in [-0.4, -0.2) is 23.2 Å². The molecule has 3 aromatic rings. The third kappa shape index (κ3) is 2.59. The van der Waals surface area contributed by atoms with E-state index < -0.39 is 10.0 Å². The van der Waals surface area contributed by atoms with Crippen LogP contribution in [0.25, 0.3) is 11.0 Å². The number of sulfonamides is 1. The molecule has 0 fully saturated rings. The van der Waals surface area contributed by atoms with Gasteiger partial charge in [-0.2, -0.15) is 5.10 Å². The van der Waals surface area contributed by atoms with E-state index in [0.29, 0.717) is 22.9 Å². The summed E-state index contributed by atoms with van der Waals surface area (Å²) < 4.78 is 34.8. The third-order valence-corrected chi connectivity index (χ3v) is 5.19. The molecule has 0 saturated heterocycles. The number of furan rings is 1. The summed E-state index contributed by atoms with van der Waals surface area (Å²) >= 11 is 0. The average Bonchev–Trinajstić information content (AvgIpc) is 2.91. The van der Waals surface area contributed by atoms with Crippen molar-refractivity contribution in [2.24, 2.45) is 7.05 Å². The molecule has 1 N–H and O–H groups in total. The van der Waals surface area contributed by atoms with E-state index in [2.05, 4.69) is 14.8 Å². The van der Waals surface area contributed by atoms with Gasteiger partial charge in [-0.25, -0.2) is 13.4 Å². The molecule has 0 aliphatic carbocycles. The van der Waals surface area contributed by atoms with Crippen LogP contribution in [0.1, 0.15) is 22.9 Å². The first kappa shape index (κ1) is 15.5. The second-order valence-corrected chi connectivity index (χ2v) is 7.24. The molecule has 0 bridgehead atoms. The predicted molar refractivity (Wildman–Crippen MR) is 87.0 cm³/mol. The molecule has 8 heteroatoms. The SMILES string of the molecule is Cc1cc(S(=O)(=O)Nc2cc3c(C)nn(C)c3nc2C)c(C)o1. The summed E-state index contributed by atoms with van der Waals surface area (Å²) in [4.78, 5) is 4.59. The van der Waals surface area contributed by atoms with Crippen molar-refractivity contribution in [2.45, 2.75) is 32.6 Å². The van der Waals surface area contributed by atoms with Crippen LogP contribution in [0.4, 0.5) is 5.69 Å². The number of nitrogens with one attached hydrogen (secondary N) is 1. The number of aromatic nitrogens is 3. The number of hydrogen-bond acceptors (Lipinski definition) is 5. The van der Waals surface area contributed by atoms with Crippen molar-refractivity contribution in [2.75, 3.05) is 4.72 Å². The molecule has 0 radical (unpaired) electrons. The lowest BCUT2D eigenvalue weighted by atomic mass is 10.2. The Morgan fingerprint density at radius 1 is 1.13 bits per heavy atom. The number of fused-ring (bicyclic) bond motifs is 1. The van der Waals surface area contributed by atoms with E-state index in [1.165, 1.54) is 6.07 Å². The number of anilines is 1. The monoisotopic (exact) mass is 334 g/mol. The molecule has 3 aromatic heterocycles. The van der Waals surface area contributed by atoms with E-state index in [0.717, 1.165) is 16.7 Å². The predicted octanol–water partition coefficient (Wildman–Crippen LogP) is 2.60. The van der Waals surface area contributed by atoms with Gasteiger partial charge in [0.05, 0.1) is 17.1 Å². The standard InChI is InChI=1S/C15H18N4O3S/c1-8-6-14(11(4)22-8)23(20,21)18-13-7-12-9(2)17-19(5)15(12)16-10(13)3/h6-7,18H,1-5H3. The Kier molecular flexibility index (Phi) is 3.44. The second-order valence-electron chi connectivity index (χ2n) is 5.58. The minimum Gasteiger partial charge on any atom is -0.465 e. The van der Waals surface area contributed by atoms with Gasteiger partial charge in [-0.3, -0.25) is 9.40 Å². The van der Waals surface area contributed by atoms with Crippen molar-refractivity contribution >= 4 is 26.7 Å². The number of pyridine rings is 1. The van der Waals surface area contributed by atoms with Gasteiger partial charge in [-0.1, -0.05) is 0 Å². The maximum Gasteiger partial charge on any atom is 0.265 e. The van der Waals surface area contributed by atoms with Gasteiger partial charge in [-0.05, 0) is 33.8 Å². The Balaban J connectivity index is 2.09. The highest BCUT2D eigenvalue weighted by molar-refractivity contribution is 7.92. The molecule has 3 heterocycles. The van der Waals surface area contributed by atoms with Crippen LogP contribution in [0, 0.1) is 27.7 Å². The highest BCUT2D eigenvalue weighted by Gasteiger charge is 2.22. The zero-order valence-electron chi connectivity index (χ0n) is 13.6. The van der Waals surface area contributed by atoms with E-state index in [4.69, 9.17) is 4.42 Å². The molecule has 7 nitrogen and oxygen atoms in total. The molecule has 122 valence electrons. The van der Waals surface area contributed by atoms with Crippen LogP contribution in [-0.2, 0) is 17.1 Å². The zero-order chi connectivity index (χ0) is 16.9. The van der Waals surface area contributed by atoms with Gasteiger partial charge in [-0.15, -0.1) is 0 Å². The summed E-state index contributed by atoms with van der Waals surface area (Å²) in [7, 11) is -1.92. The largest absolute Gasteiger partial charge is 0.465 e. The Morgan fingerprint density at radius 2 is 1.83 bits per heavy atom. The topological polar surface area (TPSA) is 90.0 Å². The number of nitrogens with zero attached hydrogens (tertiary/aromatic N) is 3. The first-order valence-electron chi connectivity index (χ1n) is 7.10. The lowest BCUT2D eigenvalue weighted by molar-refractivity contribution is 0.496. The molecule has 0 saturated carbocycles. The molecule has 0 aliphatic heterocycles. The van der Waals surface area contributed by atoms with Gasteiger partial charge in [0.25, 0.3) is 10.0 Å². The van der Waals surface area contributed by atoms with E-state index in [-0.39, 0.29) is 4.90 Å². The van der Waals surface area contributed by atoms with Crippen LogP contribution < -0.4 is 4.72 Å². The fraction of sp³-hybridized carbons (Fsp3) is 0.333. The quantitative estimate of drug-likeness (QED) is 0.795. The van der Waals surface area contributed by atoms with Crippen molar-refractivity contribution in [1.29, 1.82) is 0 Å². The fourth-order valence-corrected chi connectivity index (χ4v) is 3.96. The van der Waals surface area contributed by atoms with Gasteiger partial charge in [0.2, 0.25) is 0 Å². The van der Waals surface area contributed by atoms with Crippen LogP contribution in [0.5, 0.6) is 0 Å². The first-order valence-corrected chi connectivity index (χ1v) is 8.58. The summed E-state index contributed by atoms with van der Waals surface area (Å²) in [6.07, 6.45) is 0. The Morgan fingerprint density at radius 3 is 2.43 bits per heavy atom. The lowest BCUT2D eigenvalue weighted by Gasteiger charge is -2.10. The van der Waals surface area contributed by atoms with E-state index in [1.54, 1.807) is 31.5 Å². The zero-order valence-corrected chi connectivity index (χ0v) is 14.4. The maximum atomic E-state index is 12.6. The minimum absolute atomic E-state index is 0.136. The molecule has 0 aromatic carbocycles. The number of aryl methyl sites for hydroxylation is 5. The van der Waals surface area contributed by atoms with Crippen LogP contribution in [0.2, 0.25) is 0 Å². The van der Waals surface area contributed by atoms with Crippen molar-refractivity contribution < 1.29 is 12.8 Å². The second kappa shape index (κ2) is 5.09. The average molecular weight is 334 g/mol. The van der Waals surface area contributed by atoms with Gasteiger partial charge in [0.1, 0.15) is 16.4 Å². The van der Waals surface area contributed by atoms with Gasteiger partial charge in [0, 0.05) is 18.5 Å². The smallest absolute Gasteiger partial charge is 0.265 e. The first-order chi connectivity index (χ1) is 10.7. The number of hydrogen-bond donors (Lipinski definition) is 1. The summed E-state index contributed by atoms with van der Waals surface area (Å²) in [6.45, 7) is 6.96. The Bertz CT molecular complexity index is 1020. The van der Waals surface area contributed by atoms with E-state index >= 15 is 0 Å². The van der Waals surface area contributed by atoms with Crippen LogP contribution in [0.15, 0.2) is 21.4 Å². The molecule has 23 heavy (non-hydrogen) atoms. The molecular formula is C15H18N4O3S. The van der Waals surface area contributed by atoms with Crippen molar-refractivity contribution in [3.8, 4) is 0 Å². The molecular weight excluding hydrogens is 316 g/mol. The summed E-state index contributed by atoms with van der Waals surface area (Å²) in [5, 5.41) is 5.12. The molecule has 0 amide bonds. The normalized spacial score (nSPS) is 12.0.